The molecule has 0 fully saturated rings. The van der Waals surface area contributed by atoms with E-state index in [1.54, 1.807) is 18.2 Å². The van der Waals surface area contributed by atoms with Gasteiger partial charge in [0.2, 0.25) is 0 Å². The molecular formula is C12H11ClN2O2. The van der Waals surface area contributed by atoms with Gasteiger partial charge in [-0.05, 0) is 25.1 Å². The van der Waals surface area contributed by atoms with Crippen LogP contribution in [0.5, 0.6) is 5.75 Å². The van der Waals surface area contributed by atoms with E-state index >= 15 is 0 Å². The first kappa shape index (κ1) is 11.7. The average molecular weight is 251 g/mol. The van der Waals surface area contributed by atoms with Gasteiger partial charge in [0.05, 0.1) is 18.5 Å². The first-order valence-electron chi connectivity index (χ1n) is 5.17. The summed E-state index contributed by atoms with van der Waals surface area (Å²) in [5, 5.41) is 0.548. The van der Waals surface area contributed by atoms with Crippen LogP contribution < -0.4 is 10.3 Å². The monoisotopic (exact) mass is 250 g/mol. The van der Waals surface area contributed by atoms with E-state index in [1.807, 2.05) is 6.92 Å². The minimum atomic E-state index is -0.219. The fraction of sp³-hybridized carbons (Fsp3) is 0.167. The maximum absolute atomic E-state index is 11.7. The topological polar surface area (TPSA) is 55.0 Å². The summed E-state index contributed by atoms with van der Waals surface area (Å²) in [6.45, 7) is 2.40. The Bertz CT molecular complexity index is 581. The van der Waals surface area contributed by atoms with Gasteiger partial charge in [0, 0.05) is 16.8 Å². The van der Waals surface area contributed by atoms with Crippen molar-refractivity contribution in [2.45, 2.75) is 6.92 Å². The van der Waals surface area contributed by atoms with E-state index in [-0.39, 0.29) is 5.56 Å². The van der Waals surface area contributed by atoms with E-state index in [4.69, 9.17) is 16.3 Å². The van der Waals surface area contributed by atoms with Crippen LogP contribution in [-0.4, -0.2) is 16.6 Å². The second-order valence-corrected chi connectivity index (χ2v) is 3.80. The van der Waals surface area contributed by atoms with Crippen LogP contribution in [0.4, 0.5) is 0 Å². The number of halogens is 1. The lowest BCUT2D eigenvalue weighted by Gasteiger charge is -2.09. The van der Waals surface area contributed by atoms with E-state index in [9.17, 15) is 4.79 Å². The molecule has 5 heteroatoms. The van der Waals surface area contributed by atoms with E-state index in [0.717, 1.165) is 0 Å². The van der Waals surface area contributed by atoms with Crippen molar-refractivity contribution in [3.05, 3.63) is 46.1 Å². The lowest BCUT2D eigenvalue weighted by molar-refractivity contribution is 0.341. The predicted octanol–water partition coefficient (Wildman–Crippen LogP) is 2.49. The van der Waals surface area contributed by atoms with Crippen LogP contribution in [0, 0.1) is 0 Å². The highest BCUT2D eigenvalue weighted by Crippen LogP contribution is 2.30. The molecule has 0 spiro atoms. The van der Waals surface area contributed by atoms with Gasteiger partial charge in [-0.15, -0.1) is 0 Å². The lowest BCUT2D eigenvalue weighted by Crippen LogP contribution is -2.09. The van der Waals surface area contributed by atoms with E-state index in [1.165, 1.54) is 12.5 Å². The third-order valence-corrected chi connectivity index (χ3v) is 2.49. The van der Waals surface area contributed by atoms with Crippen molar-refractivity contribution in [3.8, 4) is 16.9 Å². The summed E-state index contributed by atoms with van der Waals surface area (Å²) < 4.78 is 5.46. The lowest BCUT2D eigenvalue weighted by atomic mass is 10.1. The van der Waals surface area contributed by atoms with E-state index < -0.39 is 0 Å². The molecule has 0 atom stereocenters. The Balaban J connectivity index is 2.61. The molecule has 0 unspecified atom stereocenters. The summed E-state index contributed by atoms with van der Waals surface area (Å²) in [5.41, 5.74) is 0.871. The molecule has 1 aromatic heterocycles. The SMILES string of the molecule is CCOc1ccc(Cl)cc1-c1cnc[nH]c1=O. The number of H-pyrrole nitrogens is 1. The van der Waals surface area contributed by atoms with Crippen molar-refractivity contribution in [1.82, 2.24) is 9.97 Å². The summed E-state index contributed by atoms with van der Waals surface area (Å²) in [6, 6.07) is 5.16. The van der Waals surface area contributed by atoms with Gasteiger partial charge in [0.25, 0.3) is 5.56 Å². The van der Waals surface area contributed by atoms with E-state index in [2.05, 4.69) is 9.97 Å². The molecule has 1 aromatic carbocycles. The zero-order valence-corrected chi connectivity index (χ0v) is 9.99. The minimum absolute atomic E-state index is 0.219. The van der Waals surface area contributed by atoms with Crippen molar-refractivity contribution < 1.29 is 4.74 Å². The maximum atomic E-state index is 11.7. The number of benzene rings is 1. The first-order valence-corrected chi connectivity index (χ1v) is 5.55. The number of hydrogen-bond acceptors (Lipinski definition) is 3. The Hall–Kier alpha value is -1.81. The van der Waals surface area contributed by atoms with Crippen molar-refractivity contribution in [2.24, 2.45) is 0 Å². The fourth-order valence-electron chi connectivity index (χ4n) is 1.53. The second kappa shape index (κ2) is 5.01. The predicted molar refractivity (Wildman–Crippen MR) is 66.5 cm³/mol. The molecule has 4 nitrogen and oxygen atoms in total. The highest BCUT2D eigenvalue weighted by Gasteiger charge is 2.10. The van der Waals surface area contributed by atoms with Gasteiger partial charge in [-0.25, -0.2) is 4.98 Å². The Morgan fingerprint density at radius 1 is 1.41 bits per heavy atom. The molecule has 88 valence electrons. The molecule has 0 aliphatic rings. The standard InChI is InChI=1S/C12H11ClN2O2/c1-2-17-11-4-3-8(13)5-9(11)10-6-14-7-15-12(10)16/h3-7H,2H2,1H3,(H,14,15,16). The highest BCUT2D eigenvalue weighted by atomic mass is 35.5. The second-order valence-electron chi connectivity index (χ2n) is 3.37. The zero-order valence-electron chi connectivity index (χ0n) is 9.24. The van der Waals surface area contributed by atoms with Gasteiger partial charge in [0.1, 0.15) is 5.75 Å². The molecule has 0 aliphatic carbocycles. The zero-order chi connectivity index (χ0) is 12.3. The van der Waals surface area contributed by atoms with Crippen molar-refractivity contribution >= 4 is 11.6 Å². The van der Waals surface area contributed by atoms with Gasteiger partial charge in [0.15, 0.2) is 0 Å². The van der Waals surface area contributed by atoms with Crippen molar-refractivity contribution in [1.29, 1.82) is 0 Å². The molecule has 0 saturated carbocycles. The number of aromatic nitrogens is 2. The Morgan fingerprint density at radius 2 is 2.24 bits per heavy atom. The number of rotatable bonds is 3. The van der Waals surface area contributed by atoms with Crippen LogP contribution in [0.3, 0.4) is 0 Å². The molecular weight excluding hydrogens is 240 g/mol. The Morgan fingerprint density at radius 3 is 2.94 bits per heavy atom. The van der Waals surface area contributed by atoms with Crippen LogP contribution in [0.15, 0.2) is 35.5 Å². The summed E-state index contributed by atoms with van der Waals surface area (Å²) >= 11 is 5.93. The molecule has 0 amide bonds. The highest BCUT2D eigenvalue weighted by molar-refractivity contribution is 6.31. The van der Waals surface area contributed by atoms with Gasteiger partial charge < -0.3 is 9.72 Å². The number of aromatic amines is 1. The van der Waals surface area contributed by atoms with Gasteiger partial charge in [-0.1, -0.05) is 11.6 Å². The number of ether oxygens (including phenoxy) is 1. The van der Waals surface area contributed by atoms with Crippen LogP contribution in [0.1, 0.15) is 6.92 Å². The van der Waals surface area contributed by atoms with Crippen LogP contribution >= 0.6 is 11.6 Å². The molecule has 1 N–H and O–H groups in total. The number of hydrogen-bond donors (Lipinski definition) is 1. The van der Waals surface area contributed by atoms with Crippen LogP contribution in [-0.2, 0) is 0 Å². The Kier molecular flexibility index (Phi) is 3.44. The van der Waals surface area contributed by atoms with Crippen molar-refractivity contribution in [2.75, 3.05) is 6.61 Å². The molecule has 0 aliphatic heterocycles. The molecule has 0 bridgehead atoms. The minimum Gasteiger partial charge on any atom is -0.493 e. The summed E-state index contributed by atoms with van der Waals surface area (Å²) in [7, 11) is 0. The summed E-state index contributed by atoms with van der Waals surface area (Å²) in [5.74, 6) is 0.621. The van der Waals surface area contributed by atoms with Gasteiger partial charge >= 0.3 is 0 Å². The molecule has 17 heavy (non-hydrogen) atoms. The maximum Gasteiger partial charge on any atom is 0.258 e. The fourth-order valence-corrected chi connectivity index (χ4v) is 1.70. The quantitative estimate of drug-likeness (QED) is 0.911. The van der Waals surface area contributed by atoms with Gasteiger partial charge in [-0.3, -0.25) is 4.79 Å². The van der Waals surface area contributed by atoms with Crippen LogP contribution in [0.2, 0.25) is 5.02 Å². The molecule has 0 radical (unpaired) electrons. The summed E-state index contributed by atoms with van der Waals surface area (Å²) in [4.78, 5) is 18.1. The largest absolute Gasteiger partial charge is 0.493 e. The summed E-state index contributed by atoms with van der Waals surface area (Å²) in [6.07, 6.45) is 2.84. The first-order chi connectivity index (χ1) is 8.22. The third-order valence-electron chi connectivity index (χ3n) is 2.25. The van der Waals surface area contributed by atoms with E-state index in [0.29, 0.717) is 28.5 Å². The molecule has 1 heterocycles. The average Bonchev–Trinajstić information content (AvgIpc) is 2.32. The van der Waals surface area contributed by atoms with Crippen LogP contribution in [0.25, 0.3) is 11.1 Å². The number of nitrogens with one attached hydrogen (secondary N) is 1. The smallest absolute Gasteiger partial charge is 0.258 e. The van der Waals surface area contributed by atoms with Crippen molar-refractivity contribution in [3.63, 3.8) is 0 Å². The molecule has 2 rings (SSSR count). The number of nitrogens with zero attached hydrogens (tertiary/aromatic N) is 1. The molecule has 0 saturated heterocycles. The van der Waals surface area contributed by atoms with Gasteiger partial charge in [-0.2, -0.15) is 0 Å². The molecule has 2 aromatic rings. The normalized spacial score (nSPS) is 10.2. The third kappa shape index (κ3) is 2.47. The Labute approximate surface area is 103 Å².